The molecule has 0 bridgehead atoms. The van der Waals surface area contributed by atoms with Crippen LogP contribution in [0.2, 0.25) is 0 Å². The Kier molecular flexibility index (Phi) is 7.12. The van der Waals surface area contributed by atoms with E-state index in [1.165, 1.54) is 5.69 Å². The first-order valence-corrected chi connectivity index (χ1v) is 11.4. The lowest BCUT2D eigenvalue weighted by Gasteiger charge is -2.12. The minimum absolute atomic E-state index is 0.134. The van der Waals surface area contributed by atoms with Crippen molar-refractivity contribution < 1.29 is 14.3 Å². The molecule has 32 heavy (non-hydrogen) atoms. The van der Waals surface area contributed by atoms with Crippen molar-refractivity contribution in [2.24, 2.45) is 13.0 Å². The van der Waals surface area contributed by atoms with Gasteiger partial charge in [-0.15, -0.1) is 0 Å². The van der Waals surface area contributed by atoms with Gasteiger partial charge in [0.2, 0.25) is 0 Å². The zero-order chi connectivity index (χ0) is 22.5. The van der Waals surface area contributed by atoms with E-state index in [-0.39, 0.29) is 12.0 Å². The number of carbonyl (C=O) groups is 1. The van der Waals surface area contributed by atoms with Gasteiger partial charge in [0, 0.05) is 48.0 Å². The number of benzene rings is 2. The molecule has 4 rings (SSSR count). The van der Waals surface area contributed by atoms with Gasteiger partial charge in [-0.3, -0.25) is 4.79 Å². The predicted octanol–water partition coefficient (Wildman–Crippen LogP) is 4.73. The lowest BCUT2D eigenvalue weighted by Crippen LogP contribution is -2.20. The second kappa shape index (κ2) is 10.2. The van der Waals surface area contributed by atoms with Crippen LogP contribution in [0, 0.1) is 5.92 Å². The average molecular weight is 436 g/mol. The van der Waals surface area contributed by atoms with E-state index in [0.29, 0.717) is 18.1 Å². The van der Waals surface area contributed by atoms with Gasteiger partial charge >= 0.3 is 0 Å². The van der Waals surface area contributed by atoms with Crippen molar-refractivity contribution in [3.05, 3.63) is 59.8 Å². The summed E-state index contributed by atoms with van der Waals surface area (Å²) in [5, 5.41) is 7.62. The van der Waals surface area contributed by atoms with Crippen LogP contribution in [0.4, 0.5) is 5.69 Å². The molecule has 2 aromatic carbocycles. The number of carbonyl (C=O) groups excluding carboxylic acids is 1. The van der Waals surface area contributed by atoms with Crippen LogP contribution >= 0.6 is 0 Å². The molecule has 1 amide bonds. The van der Waals surface area contributed by atoms with Crippen LogP contribution in [0.25, 0.3) is 10.9 Å². The van der Waals surface area contributed by atoms with E-state index in [1.54, 1.807) is 12.1 Å². The summed E-state index contributed by atoms with van der Waals surface area (Å²) >= 11 is 0. The van der Waals surface area contributed by atoms with Gasteiger partial charge in [-0.2, -0.15) is 0 Å². The molecule has 0 saturated carbocycles. The Morgan fingerprint density at radius 3 is 2.72 bits per heavy atom. The highest BCUT2D eigenvalue weighted by atomic mass is 16.5. The molecule has 2 heterocycles. The summed E-state index contributed by atoms with van der Waals surface area (Å²) in [6.45, 7) is 7.59. The summed E-state index contributed by atoms with van der Waals surface area (Å²) < 4.78 is 13.6. The number of aromatic nitrogens is 1. The third-order valence-corrected chi connectivity index (χ3v) is 5.83. The van der Waals surface area contributed by atoms with Crippen LogP contribution in [0.3, 0.4) is 0 Å². The Bertz CT molecular complexity index is 1050. The minimum atomic E-state index is -0.134. The Balaban J connectivity index is 1.37. The van der Waals surface area contributed by atoms with Gasteiger partial charge in [0.15, 0.2) is 0 Å². The van der Waals surface area contributed by atoms with Crippen molar-refractivity contribution in [3.8, 4) is 5.75 Å². The molecule has 2 N–H and O–H groups in total. The van der Waals surface area contributed by atoms with E-state index >= 15 is 0 Å². The maximum Gasteiger partial charge on any atom is 0.255 e. The van der Waals surface area contributed by atoms with E-state index in [0.717, 1.165) is 54.9 Å². The highest BCUT2D eigenvalue weighted by Gasteiger charge is 2.16. The maximum atomic E-state index is 12.7. The smallest absolute Gasteiger partial charge is 0.255 e. The number of anilines is 1. The third kappa shape index (κ3) is 5.50. The van der Waals surface area contributed by atoms with Crippen LogP contribution in [0.1, 0.15) is 42.7 Å². The van der Waals surface area contributed by atoms with Gasteiger partial charge in [0.05, 0.1) is 6.10 Å². The number of fused-ring (bicyclic) bond motifs is 1. The number of rotatable bonds is 9. The monoisotopic (exact) mass is 435 g/mol. The van der Waals surface area contributed by atoms with Crippen molar-refractivity contribution in [3.63, 3.8) is 0 Å². The van der Waals surface area contributed by atoms with Crippen LogP contribution < -0.4 is 15.4 Å². The number of amides is 1. The quantitative estimate of drug-likeness (QED) is 0.510. The van der Waals surface area contributed by atoms with Gasteiger partial charge in [-0.25, -0.2) is 0 Å². The van der Waals surface area contributed by atoms with Gasteiger partial charge < -0.3 is 24.7 Å². The molecule has 170 valence electrons. The first-order chi connectivity index (χ1) is 15.5. The van der Waals surface area contributed by atoms with Crippen molar-refractivity contribution in [1.82, 2.24) is 9.88 Å². The summed E-state index contributed by atoms with van der Waals surface area (Å²) in [6.07, 6.45) is 2.32. The van der Waals surface area contributed by atoms with E-state index in [9.17, 15) is 4.79 Å². The Morgan fingerprint density at radius 2 is 2.00 bits per heavy atom. The predicted molar refractivity (Wildman–Crippen MR) is 128 cm³/mol. The number of aryl methyl sites for hydroxylation is 1. The molecule has 0 radical (unpaired) electrons. The molecule has 1 saturated heterocycles. The van der Waals surface area contributed by atoms with Crippen LogP contribution in [-0.4, -0.2) is 36.3 Å². The lowest BCUT2D eigenvalue weighted by atomic mass is 10.2. The van der Waals surface area contributed by atoms with Gasteiger partial charge in [-0.05, 0) is 73.8 Å². The van der Waals surface area contributed by atoms with Crippen LogP contribution in [0.5, 0.6) is 5.75 Å². The fraction of sp³-hybridized carbons (Fsp3) is 0.423. The summed E-state index contributed by atoms with van der Waals surface area (Å²) in [5.74, 6) is 1.24. The number of ether oxygens (including phenoxy) is 2. The van der Waals surface area contributed by atoms with E-state index < -0.39 is 0 Å². The number of hydrogen-bond donors (Lipinski definition) is 2. The van der Waals surface area contributed by atoms with Gasteiger partial charge in [0.25, 0.3) is 5.91 Å². The number of nitrogens with one attached hydrogen (secondary N) is 2. The molecule has 3 aromatic rings. The Morgan fingerprint density at radius 1 is 1.19 bits per heavy atom. The fourth-order valence-corrected chi connectivity index (χ4v) is 4.01. The van der Waals surface area contributed by atoms with Gasteiger partial charge in [0.1, 0.15) is 12.4 Å². The largest absolute Gasteiger partial charge is 0.491 e. The molecular formula is C26H33N3O3. The molecule has 0 spiro atoms. The molecule has 1 fully saturated rings. The molecule has 1 aromatic heterocycles. The number of nitrogens with zero attached hydrogens (tertiary/aromatic N) is 1. The van der Waals surface area contributed by atoms with Crippen molar-refractivity contribution in [2.45, 2.75) is 39.3 Å². The SMILES string of the molecule is CC(C)CNCc1cc2cc(NC(=O)c3ccc(OC[C@@H]4CCCO4)cc3)ccc2n1C. The molecule has 1 aliphatic heterocycles. The van der Waals surface area contributed by atoms with Crippen molar-refractivity contribution >= 4 is 22.5 Å². The molecule has 0 unspecified atom stereocenters. The second-order valence-corrected chi connectivity index (χ2v) is 8.92. The van der Waals surface area contributed by atoms with Crippen LogP contribution in [0.15, 0.2) is 48.5 Å². The molecule has 1 aliphatic rings. The fourth-order valence-electron chi connectivity index (χ4n) is 4.01. The summed E-state index contributed by atoms with van der Waals surface area (Å²) in [4.78, 5) is 12.7. The topological polar surface area (TPSA) is 64.5 Å². The molecule has 6 heteroatoms. The van der Waals surface area contributed by atoms with Crippen LogP contribution in [-0.2, 0) is 18.3 Å². The van der Waals surface area contributed by atoms with Crippen molar-refractivity contribution in [2.75, 3.05) is 25.1 Å². The lowest BCUT2D eigenvalue weighted by molar-refractivity contribution is 0.0679. The highest BCUT2D eigenvalue weighted by molar-refractivity contribution is 6.05. The molecule has 0 aliphatic carbocycles. The zero-order valence-corrected chi connectivity index (χ0v) is 19.2. The third-order valence-electron chi connectivity index (χ3n) is 5.83. The number of hydrogen-bond acceptors (Lipinski definition) is 4. The van der Waals surface area contributed by atoms with E-state index in [2.05, 4.69) is 48.2 Å². The summed E-state index contributed by atoms with van der Waals surface area (Å²) in [7, 11) is 2.08. The Labute approximate surface area is 189 Å². The van der Waals surface area contributed by atoms with E-state index in [4.69, 9.17) is 9.47 Å². The molecular weight excluding hydrogens is 402 g/mol. The minimum Gasteiger partial charge on any atom is -0.491 e. The standard InChI is InChI=1S/C26H33N3O3/c1-18(2)15-27-16-22-14-20-13-21(8-11-25(20)29(22)3)28-26(30)19-6-9-23(10-7-19)32-17-24-5-4-12-31-24/h6-11,13-14,18,24,27H,4-5,12,15-17H2,1-3H3,(H,28,30)/t24-/m0/s1. The first-order valence-electron chi connectivity index (χ1n) is 11.4. The highest BCUT2D eigenvalue weighted by Crippen LogP contribution is 2.24. The average Bonchev–Trinajstić information content (AvgIpc) is 3.40. The van der Waals surface area contributed by atoms with Crippen molar-refractivity contribution in [1.29, 1.82) is 0 Å². The first kappa shape index (κ1) is 22.4. The summed E-state index contributed by atoms with van der Waals surface area (Å²) in [6, 6.07) is 15.5. The Hall–Kier alpha value is -2.83. The second-order valence-electron chi connectivity index (χ2n) is 8.92. The molecule has 6 nitrogen and oxygen atoms in total. The maximum absolute atomic E-state index is 12.7. The normalized spacial score (nSPS) is 16.1. The molecule has 1 atom stereocenters. The summed E-state index contributed by atoms with van der Waals surface area (Å²) in [5.41, 5.74) is 3.76. The van der Waals surface area contributed by atoms with Gasteiger partial charge in [-0.1, -0.05) is 13.8 Å². The van der Waals surface area contributed by atoms with E-state index in [1.807, 2.05) is 24.3 Å². The zero-order valence-electron chi connectivity index (χ0n) is 19.2.